The topological polar surface area (TPSA) is 82.9 Å². The second-order valence-electron chi connectivity index (χ2n) is 5.53. The van der Waals surface area contributed by atoms with Crippen molar-refractivity contribution in [2.75, 3.05) is 32.7 Å². The second kappa shape index (κ2) is 7.42. The number of nitrogens with two attached hydrogens (primary N) is 1. The lowest BCUT2D eigenvalue weighted by atomic mass is 10.1. The molecule has 21 heavy (non-hydrogen) atoms. The van der Waals surface area contributed by atoms with E-state index >= 15 is 0 Å². The Hall–Kier alpha value is -1.60. The summed E-state index contributed by atoms with van der Waals surface area (Å²) in [4.78, 5) is 9.10. The van der Waals surface area contributed by atoms with Gasteiger partial charge in [0.25, 0.3) is 0 Å². The maximum Gasteiger partial charge on any atom is 0.156 e. The zero-order valence-corrected chi connectivity index (χ0v) is 12.9. The maximum absolute atomic E-state index is 8.85. The summed E-state index contributed by atoms with van der Waals surface area (Å²) in [6.07, 6.45) is 5.66. The third kappa shape index (κ3) is 3.95. The average molecular weight is 294 g/mol. The Labute approximate surface area is 126 Å². The van der Waals surface area contributed by atoms with Gasteiger partial charge >= 0.3 is 0 Å². The molecule has 2 heterocycles. The molecule has 0 aliphatic carbocycles. The molecule has 1 atom stereocenters. The minimum atomic E-state index is 0.0479. The van der Waals surface area contributed by atoms with E-state index in [1.54, 1.807) is 0 Å². The minimum absolute atomic E-state index is 0.0479. The van der Waals surface area contributed by atoms with Gasteiger partial charge in [0.15, 0.2) is 5.84 Å². The number of aryl methyl sites for hydroxylation is 1. The standard InChI is InChI=1S/C14H26N6O/c1-3-12(14(15)17-21)20-10-8-19(9-11-20)6-4-13-16-5-7-18(13)2/h5,7,12,21H,3-4,6,8-11H2,1-2H3,(H2,15,17). The molecule has 2 rings (SSSR count). The normalized spacial score (nSPS) is 19.8. The van der Waals surface area contributed by atoms with E-state index in [2.05, 4.69) is 31.4 Å². The van der Waals surface area contributed by atoms with Crippen LogP contribution in [0.15, 0.2) is 17.5 Å². The van der Waals surface area contributed by atoms with Crippen molar-refractivity contribution < 1.29 is 5.21 Å². The zero-order chi connectivity index (χ0) is 15.2. The Kier molecular flexibility index (Phi) is 5.58. The van der Waals surface area contributed by atoms with Gasteiger partial charge in [-0.05, 0) is 6.42 Å². The van der Waals surface area contributed by atoms with Crippen molar-refractivity contribution in [1.29, 1.82) is 0 Å². The summed E-state index contributed by atoms with van der Waals surface area (Å²) in [5.41, 5.74) is 5.77. The van der Waals surface area contributed by atoms with Crippen LogP contribution in [-0.4, -0.2) is 69.2 Å². The number of rotatable bonds is 6. The van der Waals surface area contributed by atoms with E-state index in [-0.39, 0.29) is 6.04 Å². The highest BCUT2D eigenvalue weighted by Gasteiger charge is 2.25. The summed E-state index contributed by atoms with van der Waals surface area (Å²) in [6, 6.07) is 0.0479. The van der Waals surface area contributed by atoms with Gasteiger partial charge < -0.3 is 20.4 Å². The summed E-state index contributed by atoms with van der Waals surface area (Å²) >= 11 is 0. The van der Waals surface area contributed by atoms with Crippen molar-refractivity contribution in [3.05, 3.63) is 18.2 Å². The molecule has 7 nitrogen and oxygen atoms in total. The molecule has 1 aromatic heterocycles. The van der Waals surface area contributed by atoms with E-state index in [0.29, 0.717) is 5.84 Å². The molecule has 0 saturated carbocycles. The van der Waals surface area contributed by atoms with E-state index in [4.69, 9.17) is 10.9 Å². The van der Waals surface area contributed by atoms with Crippen molar-refractivity contribution in [3.8, 4) is 0 Å². The molecule has 0 amide bonds. The van der Waals surface area contributed by atoms with Crippen LogP contribution in [-0.2, 0) is 13.5 Å². The molecule has 0 radical (unpaired) electrons. The van der Waals surface area contributed by atoms with Crippen LogP contribution in [0.3, 0.4) is 0 Å². The molecular formula is C14H26N6O. The number of hydrogen-bond acceptors (Lipinski definition) is 5. The van der Waals surface area contributed by atoms with Gasteiger partial charge in [-0.25, -0.2) is 4.98 Å². The van der Waals surface area contributed by atoms with E-state index in [9.17, 15) is 0 Å². The van der Waals surface area contributed by atoms with Crippen LogP contribution in [0.25, 0.3) is 0 Å². The van der Waals surface area contributed by atoms with Crippen molar-refractivity contribution >= 4 is 5.84 Å². The summed E-state index contributed by atoms with van der Waals surface area (Å²) in [5, 5.41) is 12.0. The average Bonchev–Trinajstić information content (AvgIpc) is 2.92. The lowest BCUT2D eigenvalue weighted by Crippen LogP contribution is -2.54. The third-order valence-electron chi connectivity index (χ3n) is 4.26. The fourth-order valence-electron chi connectivity index (χ4n) is 2.92. The van der Waals surface area contributed by atoms with Gasteiger partial charge in [-0.2, -0.15) is 0 Å². The van der Waals surface area contributed by atoms with Gasteiger partial charge in [0.05, 0.1) is 6.04 Å². The van der Waals surface area contributed by atoms with Gasteiger partial charge in [-0.15, -0.1) is 0 Å². The van der Waals surface area contributed by atoms with E-state index < -0.39 is 0 Å². The summed E-state index contributed by atoms with van der Waals surface area (Å²) in [6.45, 7) is 7.03. The quantitative estimate of drug-likeness (QED) is 0.337. The Balaban J connectivity index is 1.79. The molecule has 1 saturated heterocycles. The lowest BCUT2D eigenvalue weighted by molar-refractivity contribution is 0.115. The predicted molar refractivity (Wildman–Crippen MR) is 82.4 cm³/mol. The van der Waals surface area contributed by atoms with Crippen LogP contribution in [0.5, 0.6) is 0 Å². The Bertz CT molecular complexity index is 464. The maximum atomic E-state index is 8.85. The van der Waals surface area contributed by atoms with Crippen LogP contribution in [0.2, 0.25) is 0 Å². The molecule has 1 unspecified atom stereocenters. The first kappa shape index (κ1) is 15.8. The highest BCUT2D eigenvalue weighted by molar-refractivity contribution is 5.85. The number of amidine groups is 1. The highest BCUT2D eigenvalue weighted by atomic mass is 16.4. The molecule has 7 heteroatoms. The summed E-state index contributed by atoms with van der Waals surface area (Å²) in [7, 11) is 2.03. The van der Waals surface area contributed by atoms with Crippen molar-refractivity contribution in [2.24, 2.45) is 17.9 Å². The van der Waals surface area contributed by atoms with Gasteiger partial charge in [0, 0.05) is 58.6 Å². The molecule has 1 fully saturated rings. The Morgan fingerprint density at radius 2 is 2.14 bits per heavy atom. The molecule has 3 N–H and O–H groups in total. The summed E-state index contributed by atoms with van der Waals surface area (Å²) in [5.74, 6) is 1.44. The first-order valence-electron chi connectivity index (χ1n) is 7.55. The molecule has 1 aromatic rings. The first-order valence-corrected chi connectivity index (χ1v) is 7.55. The molecule has 0 spiro atoms. The minimum Gasteiger partial charge on any atom is -0.409 e. The first-order chi connectivity index (χ1) is 10.2. The fraction of sp³-hybridized carbons (Fsp3) is 0.714. The van der Waals surface area contributed by atoms with E-state index in [1.165, 1.54) is 0 Å². The molecule has 118 valence electrons. The number of piperazine rings is 1. The molecular weight excluding hydrogens is 268 g/mol. The SMILES string of the molecule is CCC(/C(N)=N/O)N1CCN(CCc2nccn2C)CC1. The number of imidazole rings is 1. The van der Waals surface area contributed by atoms with Gasteiger partial charge in [-0.3, -0.25) is 4.90 Å². The highest BCUT2D eigenvalue weighted by Crippen LogP contribution is 2.10. The molecule has 1 aliphatic rings. The van der Waals surface area contributed by atoms with Gasteiger partial charge in [-0.1, -0.05) is 12.1 Å². The lowest BCUT2D eigenvalue weighted by Gasteiger charge is -2.38. The number of oxime groups is 1. The summed E-state index contributed by atoms with van der Waals surface area (Å²) < 4.78 is 2.07. The third-order valence-corrected chi connectivity index (χ3v) is 4.26. The van der Waals surface area contributed by atoms with Crippen LogP contribution in [0.4, 0.5) is 0 Å². The number of hydrogen-bond donors (Lipinski definition) is 2. The van der Waals surface area contributed by atoms with E-state index in [0.717, 1.165) is 51.4 Å². The zero-order valence-electron chi connectivity index (χ0n) is 12.9. The largest absolute Gasteiger partial charge is 0.409 e. The van der Waals surface area contributed by atoms with Gasteiger partial charge in [0.1, 0.15) is 5.82 Å². The van der Waals surface area contributed by atoms with E-state index in [1.807, 2.05) is 19.4 Å². The van der Waals surface area contributed by atoms with Gasteiger partial charge in [0.2, 0.25) is 0 Å². The second-order valence-corrected chi connectivity index (χ2v) is 5.53. The Morgan fingerprint density at radius 1 is 1.43 bits per heavy atom. The fourth-order valence-corrected chi connectivity index (χ4v) is 2.92. The van der Waals surface area contributed by atoms with Crippen LogP contribution in [0, 0.1) is 0 Å². The molecule has 1 aliphatic heterocycles. The number of aromatic nitrogens is 2. The van der Waals surface area contributed by atoms with Crippen molar-refractivity contribution in [2.45, 2.75) is 25.8 Å². The monoisotopic (exact) mass is 294 g/mol. The number of nitrogens with zero attached hydrogens (tertiary/aromatic N) is 5. The Morgan fingerprint density at radius 3 is 2.67 bits per heavy atom. The smallest absolute Gasteiger partial charge is 0.156 e. The van der Waals surface area contributed by atoms with Crippen molar-refractivity contribution in [3.63, 3.8) is 0 Å². The van der Waals surface area contributed by atoms with Crippen LogP contribution in [0.1, 0.15) is 19.2 Å². The molecule has 0 aromatic carbocycles. The van der Waals surface area contributed by atoms with Crippen molar-refractivity contribution in [1.82, 2.24) is 19.4 Å². The predicted octanol–water partition coefficient (Wildman–Crippen LogP) is 0.105. The van der Waals surface area contributed by atoms with Crippen LogP contribution < -0.4 is 5.73 Å². The molecule has 0 bridgehead atoms. The van der Waals surface area contributed by atoms with Crippen LogP contribution >= 0.6 is 0 Å².